The number of thioether (sulfide) groups is 1. The fourth-order valence-corrected chi connectivity index (χ4v) is 4.61. The van der Waals surface area contributed by atoms with E-state index in [1.54, 1.807) is 18.3 Å². The largest absolute Gasteiger partial charge is 0.337 e. The molecular formula is C21H22N4OS2. The van der Waals surface area contributed by atoms with Gasteiger partial charge in [-0.3, -0.25) is 4.79 Å². The third-order valence-electron chi connectivity index (χ3n) is 4.65. The number of amides is 1. The van der Waals surface area contributed by atoms with Crippen molar-refractivity contribution in [1.82, 2.24) is 15.3 Å². The molecule has 1 atom stereocenters. The number of nitriles is 1. The van der Waals surface area contributed by atoms with Gasteiger partial charge >= 0.3 is 0 Å². The summed E-state index contributed by atoms with van der Waals surface area (Å²) in [7, 11) is 0. The lowest BCUT2D eigenvalue weighted by Crippen LogP contribution is -2.49. The molecule has 0 radical (unpaired) electrons. The maximum Gasteiger partial charge on any atom is 0.231 e. The molecule has 144 valence electrons. The van der Waals surface area contributed by atoms with Crippen LogP contribution in [0, 0.1) is 24.2 Å². The topological polar surface area (TPSA) is 78.7 Å². The number of hydrogen-bond donors (Lipinski definition) is 1. The zero-order valence-electron chi connectivity index (χ0n) is 16.3. The Labute approximate surface area is 173 Å². The second kappa shape index (κ2) is 8.29. The fourth-order valence-electron chi connectivity index (χ4n) is 2.61. The van der Waals surface area contributed by atoms with Crippen LogP contribution in [-0.4, -0.2) is 27.2 Å². The van der Waals surface area contributed by atoms with Gasteiger partial charge in [0.2, 0.25) is 5.91 Å². The summed E-state index contributed by atoms with van der Waals surface area (Å²) in [6.07, 6.45) is 0. The Kier molecular flexibility index (Phi) is 6.01. The lowest BCUT2D eigenvalue weighted by Gasteiger charge is -2.27. The lowest BCUT2D eigenvalue weighted by atomic mass is 9.90. The summed E-state index contributed by atoms with van der Waals surface area (Å²) in [6.45, 7) is 7.45. The van der Waals surface area contributed by atoms with Crippen LogP contribution in [0.15, 0.2) is 41.4 Å². The van der Waals surface area contributed by atoms with Crippen molar-refractivity contribution >= 4 is 39.2 Å². The summed E-state index contributed by atoms with van der Waals surface area (Å²) in [6, 6.07) is 14.4. The minimum absolute atomic E-state index is 0.0183. The van der Waals surface area contributed by atoms with E-state index in [4.69, 9.17) is 0 Å². The number of aryl methyl sites for hydroxylation is 1. The highest BCUT2D eigenvalue weighted by atomic mass is 32.2. The predicted octanol–water partition coefficient (Wildman–Crippen LogP) is 4.81. The lowest BCUT2D eigenvalue weighted by molar-refractivity contribution is -0.120. The van der Waals surface area contributed by atoms with Crippen LogP contribution < -0.4 is 5.32 Å². The molecule has 28 heavy (non-hydrogen) atoms. The summed E-state index contributed by atoms with van der Waals surface area (Å²) >= 11 is 3.00. The van der Waals surface area contributed by atoms with Crippen LogP contribution in [0.1, 0.15) is 26.6 Å². The highest BCUT2D eigenvalue weighted by Crippen LogP contribution is 2.36. The fraction of sp³-hybridized carbons (Fsp3) is 0.333. The van der Waals surface area contributed by atoms with E-state index in [0.717, 1.165) is 25.7 Å². The molecule has 0 saturated carbocycles. The SMILES string of the molecule is Cc1nc(SCC(=O)N[C@@](C)(C#N)C(C)C)c2cc(-c3ccccc3)sc2n1. The van der Waals surface area contributed by atoms with Gasteiger partial charge in [-0.05, 0) is 31.4 Å². The van der Waals surface area contributed by atoms with E-state index in [-0.39, 0.29) is 17.6 Å². The van der Waals surface area contributed by atoms with Crippen molar-refractivity contribution in [2.45, 2.75) is 38.3 Å². The van der Waals surface area contributed by atoms with Gasteiger partial charge in [0.25, 0.3) is 0 Å². The van der Waals surface area contributed by atoms with Crippen molar-refractivity contribution in [3.8, 4) is 16.5 Å². The number of nitrogens with one attached hydrogen (secondary N) is 1. The molecule has 0 aliphatic rings. The molecular weight excluding hydrogens is 388 g/mol. The summed E-state index contributed by atoms with van der Waals surface area (Å²) in [5, 5.41) is 14.0. The third-order valence-corrected chi connectivity index (χ3v) is 6.72. The van der Waals surface area contributed by atoms with Gasteiger partial charge in [0.1, 0.15) is 21.2 Å². The third kappa shape index (κ3) is 4.34. The van der Waals surface area contributed by atoms with Crippen molar-refractivity contribution < 1.29 is 4.79 Å². The maximum atomic E-state index is 12.4. The molecule has 5 nitrogen and oxygen atoms in total. The van der Waals surface area contributed by atoms with Gasteiger partial charge in [-0.1, -0.05) is 55.9 Å². The average Bonchev–Trinajstić information content (AvgIpc) is 3.10. The molecule has 0 bridgehead atoms. The molecule has 3 rings (SSSR count). The maximum absolute atomic E-state index is 12.4. The molecule has 0 unspecified atom stereocenters. The molecule has 1 aromatic carbocycles. The molecule has 0 aliphatic carbocycles. The molecule has 0 aliphatic heterocycles. The van der Waals surface area contributed by atoms with E-state index < -0.39 is 5.54 Å². The summed E-state index contributed by atoms with van der Waals surface area (Å²) in [5.74, 6) is 0.725. The zero-order valence-corrected chi connectivity index (χ0v) is 17.9. The van der Waals surface area contributed by atoms with Gasteiger partial charge in [0.15, 0.2) is 0 Å². The number of nitrogens with zero attached hydrogens (tertiary/aromatic N) is 3. The van der Waals surface area contributed by atoms with Crippen LogP contribution in [0.3, 0.4) is 0 Å². The molecule has 2 aromatic heterocycles. The zero-order chi connectivity index (χ0) is 20.3. The van der Waals surface area contributed by atoms with E-state index in [1.807, 2.05) is 39.0 Å². The molecule has 3 aromatic rings. The monoisotopic (exact) mass is 410 g/mol. The van der Waals surface area contributed by atoms with Crippen LogP contribution in [-0.2, 0) is 4.79 Å². The van der Waals surface area contributed by atoms with Gasteiger partial charge in [-0.2, -0.15) is 5.26 Å². The first-order valence-corrected chi connectivity index (χ1v) is 10.8. The van der Waals surface area contributed by atoms with E-state index in [9.17, 15) is 10.1 Å². The normalized spacial score (nSPS) is 13.3. The number of carbonyl (C=O) groups excluding carboxylic acids is 1. The number of carbonyl (C=O) groups is 1. The second-order valence-corrected chi connectivity index (χ2v) is 9.07. The smallest absolute Gasteiger partial charge is 0.231 e. The van der Waals surface area contributed by atoms with Gasteiger partial charge in [0.05, 0.1) is 11.8 Å². The van der Waals surface area contributed by atoms with E-state index >= 15 is 0 Å². The number of hydrogen-bond acceptors (Lipinski definition) is 6. The van der Waals surface area contributed by atoms with Crippen molar-refractivity contribution in [1.29, 1.82) is 5.26 Å². The number of thiophene rings is 1. The Bertz CT molecular complexity index is 1040. The van der Waals surface area contributed by atoms with Gasteiger partial charge < -0.3 is 5.32 Å². The molecule has 2 heterocycles. The Balaban J connectivity index is 1.82. The standard InChI is InChI=1S/C21H22N4OS2/c1-13(2)21(4,12-22)25-18(26)11-27-19-16-10-17(15-8-6-5-7-9-15)28-20(16)24-14(3)23-19/h5-10,13H,11H2,1-4H3,(H,25,26)/t21-/m0/s1. The van der Waals surface area contributed by atoms with Crippen molar-refractivity contribution in [2.24, 2.45) is 5.92 Å². The van der Waals surface area contributed by atoms with Crippen LogP contribution >= 0.6 is 23.1 Å². The minimum atomic E-state index is -0.878. The Morgan fingerprint density at radius 2 is 2.04 bits per heavy atom. The quantitative estimate of drug-likeness (QED) is 0.466. The van der Waals surface area contributed by atoms with Gasteiger partial charge in [-0.25, -0.2) is 9.97 Å². The molecule has 0 spiro atoms. The van der Waals surface area contributed by atoms with Crippen LogP contribution in [0.5, 0.6) is 0 Å². The minimum Gasteiger partial charge on any atom is -0.337 e. The van der Waals surface area contributed by atoms with Crippen LogP contribution in [0.4, 0.5) is 0 Å². The Morgan fingerprint density at radius 3 is 2.68 bits per heavy atom. The van der Waals surface area contributed by atoms with Crippen LogP contribution in [0.2, 0.25) is 0 Å². The van der Waals surface area contributed by atoms with E-state index in [0.29, 0.717) is 5.82 Å². The van der Waals surface area contributed by atoms with Crippen molar-refractivity contribution in [2.75, 3.05) is 5.75 Å². The Hall–Kier alpha value is -2.43. The number of benzene rings is 1. The summed E-state index contributed by atoms with van der Waals surface area (Å²) in [5.41, 5.74) is 0.260. The number of rotatable bonds is 6. The van der Waals surface area contributed by atoms with Gasteiger partial charge in [0, 0.05) is 10.3 Å². The first-order chi connectivity index (χ1) is 13.3. The van der Waals surface area contributed by atoms with E-state index in [1.165, 1.54) is 11.8 Å². The van der Waals surface area contributed by atoms with Gasteiger partial charge in [-0.15, -0.1) is 11.3 Å². The predicted molar refractivity (Wildman–Crippen MR) is 115 cm³/mol. The van der Waals surface area contributed by atoms with E-state index in [2.05, 4.69) is 39.6 Å². The molecule has 0 fully saturated rings. The molecule has 1 amide bonds. The highest BCUT2D eigenvalue weighted by Gasteiger charge is 2.30. The van der Waals surface area contributed by atoms with Crippen molar-refractivity contribution in [3.63, 3.8) is 0 Å². The first kappa shape index (κ1) is 20.3. The number of fused-ring (bicyclic) bond motifs is 1. The average molecular weight is 411 g/mol. The Morgan fingerprint density at radius 1 is 1.32 bits per heavy atom. The number of aromatic nitrogens is 2. The van der Waals surface area contributed by atoms with Crippen LogP contribution in [0.25, 0.3) is 20.7 Å². The molecule has 7 heteroatoms. The highest BCUT2D eigenvalue weighted by molar-refractivity contribution is 8.00. The van der Waals surface area contributed by atoms with Crippen molar-refractivity contribution in [3.05, 3.63) is 42.2 Å². The second-order valence-electron chi connectivity index (χ2n) is 7.08. The first-order valence-electron chi connectivity index (χ1n) is 9.01. The summed E-state index contributed by atoms with van der Waals surface area (Å²) < 4.78 is 0. The molecule has 1 N–H and O–H groups in total. The molecule has 0 saturated heterocycles. The summed E-state index contributed by atoms with van der Waals surface area (Å²) in [4.78, 5) is 23.6.